The van der Waals surface area contributed by atoms with Gasteiger partial charge in [0.25, 0.3) is 5.91 Å². The van der Waals surface area contributed by atoms with E-state index in [1.807, 2.05) is 0 Å². The molecule has 0 heterocycles. The molecule has 4 nitrogen and oxygen atoms in total. The lowest BCUT2D eigenvalue weighted by Gasteiger charge is -2.08. The Labute approximate surface area is 126 Å². The monoisotopic (exact) mass is 310 g/mol. The maximum atomic E-state index is 11.7. The Kier molecular flexibility index (Phi) is 4.71. The Morgan fingerprint density at radius 2 is 1.80 bits per heavy atom. The van der Waals surface area contributed by atoms with Gasteiger partial charge >= 0.3 is 0 Å². The van der Waals surface area contributed by atoms with Gasteiger partial charge in [0.2, 0.25) is 0 Å². The van der Waals surface area contributed by atoms with Gasteiger partial charge in [0.1, 0.15) is 5.75 Å². The van der Waals surface area contributed by atoms with Crippen LogP contribution >= 0.6 is 23.2 Å². The predicted octanol–water partition coefficient (Wildman–Crippen LogP) is 3.59. The summed E-state index contributed by atoms with van der Waals surface area (Å²) in [5.74, 6) is 0.202. The Hall–Kier alpha value is -1.91. The molecule has 104 valence electrons. The normalized spacial score (nSPS) is 10.1. The third-order valence-electron chi connectivity index (χ3n) is 2.46. The Morgan fingerprint density at radius 3 is 2.45 bits per heavy atom. The third-order valence-corrected chi connectivity index (χ3v) is 3.19. The topological polar surface area (TPSA) is 64.3 Å². The zero-order valence-corrected chi connectivity index (χ0v) is 11.9. The molecule has 0 aliphatic heterocycles. The van der Waals surface area contributed by atoms with E-state index < -0.39 is 0 Å². The van der Waals surface area contributed by atoms with Crippen molar-refractivity contribution in [1.82, 2.24) is 0 Å². The van der Waals surface area contributed by atoms with Crippen molar-refractivity contribution in [2.45, 2.75) is 0 Å². The van der Waals surface area contributed by atoms with Crippen molar-refractivity contribution >= 4 is 40.5 Å². The zero-order valence-electron chi connectivity index (χ0n) is 10.4. The van der Waals surface area contributed by atoms with Crippen LogP contribution in [0.25, 0.3) is 0 Å². The third kappa shape index (κ3) is 4.05. The standard InChI is InChI=1S/C14H12Cl2N2O2/c15-12-6-5-11(7-13(12)16)20-8-14(19)18-10-3-1-9(17)2-4-10/h1-7H,8,17H2,(H,18,19). The van der Waals surface area contributed by atoms with E-state index in [4.69, 9.17) is 33.7 Å². The van der Waals surface area contributed by atoms with Crippen molar-refractivity contribution in [3.63, 3.8) is 0 Å². The van der Waals surface area contributed by atoms with Crippen LogP contribution in [-0.4, -0.2) is 12.5 Å². The van der Waals surface area contributed by atoms with Crippen LogP contribution in [-0.2, 0) is 4.79 Å². The minimum atomic E-state index is -0.277. The minimum absolute atomic E-state index is 0.123. The smallest absolute Gasteiger partial charge is 0.262 e. The Balaban J connectivity index is 1.88. The molecule has 3 N–H and O–H groups in total. The number of nitrogens with two attached hydrogens (primary N) is 1. The van der Waals surface area contributed by atoms with Crippen LogP contribution in [0.5, 0.6) is 5.75 Å². The molecule has 0 radical (unpaired) electrons. The van der Waals surface area contributed by atoms with E-state index in [0.717, 1.165) is 0 Å². The van der Waals surface area contributed by atoms with Gasteiger partial charge in [0, 0.05) is 17.4 Å². The summed E-state index contributed by atoms with van der Waals surface area (Å²) in [5.41, 5.74) is 6.85. The van der Waals surface area contributed by atoms with E-state index in [2.05, 4.69) is 5.32 Å². The summed E-state index contributed by atoms with van der Waals surface area (Å²) in [6, 6.07) is 11.6. The van der Waals surface area contributed by atoms with Gasteiger partial charge in [-0.15, -0.1) is 0 Å². The maximum absolute atomic E-state index is 11.7. The number of hydrogen-bond acceptors (Lipinski definition) is 3. The highest BCUT2D eigenvalue weighted by atomic mass is 35.5. The first-order valence-electron chi connectivity index (χ1n) is 5.78. The highest BCUT2D eigenvalue weighted by Gasteiger charge is 2.05. The van der Waals surface area contributed by atoms with Crippen LogP contribution in [0.1, 0.15) is 0 Å². The van der Waals surface area contributed by atoms with Crippen LogP contribution in [0.15, 0.2) is 42.5 Å². The van der Waals surface area contributed by atoms with E-state index in [1.54, 1.807) is 42.5 Å². The van der Waals surface area contributed by atoms with E-state index in [1.165, 1.54) is 0 Å². The molecule has 0 unspecified atom stereocenters. The van der Waals surface area contributed by atoms with E-state index in [-0.39, 0.29) is 12.5 Å². The molecule has 0 aliphatic rings. The summed E-state index contributed by atoms with van der Waals surface area (Å²) in [7, 11) is 0. The fourth-order valence-corrected chi connectivity index (χ4v) is 1.77. The number of halogens is 2. The summed E-state index contributed by atoms with van der Waals surface area (Å²) in [5, 5.41) is 3.50. The fourth-order valence-electron chi connectivity index (χ4n) is 1.48. The molecule has 0 saturated carbocycles. The number of carbonyl (C=O) groups excluding carboxylic acids is 1. The fraction of sp³-hybridized carbons (Fsp3) is 0.0714. The number of nitrogen functional groups attached to an aromatic ring is 1. The minimum Gasteiger partial charge on any atom is -0.484 e. The van der Waals surface area contributed by atoms with E-state index in [9.17, 15) is 4.79 Å². The number of benzene rings is 2. The Bertz CT molecular complexity index is 615. The van der Waals surface area contributed by atoms with Crippen molar-refractivity contribution < 1.29 is 9.53 Å². The highest BCUT2D eigenvalue weighted by molar-refractivity contribution is 6.42. The number of carbonyl (C=O) groups is 1. The molecular weight excluding hydrogens is 299 g/mol. The Morgan fingerprint density at radius 1 is 1.10 bits per heavy atom. The van der Waals surface area contributed by atoms with E-state index in [0.29, 0.717) is 27.2 Å². The molecule has 1 amide bonds. The van der Waals surface area contributed by atoms with Crippen LogP contribution < -0.4 is 15.8 Å². The van der Waals surface area contributed by atoms with Crippen molar-refractivity contribution in [2.75, 3.05) is 17.7 Å². The second kappa shape index (κ2) is 6.50. The maximum Gasteiger partial charge on any atom is 0.262 e. The van der Waals surface area contributed by atoms with Crippen molar-refractivity contribution in [3.05, 3.63) is 52.5 Å². The summed E-state index contributed by atoms with van der Waals surface area (Å²) in [4.78, 5) is 11.7. The molecule has 2 aromatic carbocycles. The lowest BCUT2D eigenvalue weighted by Crippen LogP contribution is -2.20. The van der Waals surface area contributed by atoms with Crippen molar-refractivity contribution in [3.8, 4) is 5.75 Å². The van der Waals surface area contributed by atoms with Gasteiger partial charge in [-0.1, -0.05) is 23.2 Å². The van der Waals surface area contributed by atoms with Crippen molar-refractivity contribution in [2.24, 2.45) is 0 Å². The number of amides is 1. The molecule has 0 atom stereocenters. The molecule has 0 aliphatic carbocycles. The van der Waals surface area contributed by atoms with E-state index >= 15 is 0 Å². The van der Waals surface area contributed by atoms with Gasteiger partial charge in [-0.25, -0.2) is 0 Å². The molecule has 20 heavy (non-hydrogen) atoms. The van der Waals surface area contributed by atoms with Crippen LogP contribution in [0.3, 0.4) is 0 Å². The van der Waals surface area contributed by atoms with Crippen LogP contribution in [0.4, 0.5) is 11.4 Å². The molecule has 6 heteroatoms. The van der Waals surface area contributed by atoms with Crippen LogP contribution in [0, 0.1) is 0 Å². The number of rotatable bonds is 4. The van der Waals surface area contributed by atoms with Gasteiger partial charge in [0.05, 0.1) is 10.0 Å². The van der Waals surface area contributed by atoms with Gasteiger partial charge in [-0.3, -0.25) is 4.79 Å². The first-order chi connectivity index (χ1) is 9.54. The average Bonchev–Trinajstić information content (AvgIpc) is 2.43. The number of hydrogen-bond donors (Lipinski definition) is 2. The SMILES string of the molecule is Nc1ccc(NC(=O)COc2ccc(Cl)c(Cl)c2)cc1. The predicted molar refractivity (Wildman–Crippen MR) is 81.4 cm³/mol. The number of anilines is 2. The first kappa shape index (κ1) is 14.5. The van der Waals surface area contributed by atoms with Gasteiger partial charge in [0.15, 0.2) is 6.61 Å². The van der Waals surface area contributed by atoms with Crippen LogP contribution in [0.2, 0.25) is 10.0 Å². The molecule has 0 bridgehead atoms. The summed E-state index contributed by atoms with van der Waals surface area (Å²) in [6.45, 7) is -0.123. The zero-order chi connectivity index (χ0) is 14.5. The summed E-state index contributed by atoms with van der Waals surface area (Å²) in [6.07, 6.45) is 0. The number of nitrogens with one attached hydrogen (secondary N) is 1. The van der Waals surface area contributed by atoms with Gasteiger partial charge < -0.3 is 15.8 Å². The lowest BCUT2D eigenvalue weighted by molar-refractivity contribution is -0.118. The molecule has 2 rings (SSSR count). The van der Waals surface area contributed by atoms with Gasteiger partial charge in [-0.05, 0) is 36.4 Å². The molecule has 0 aromatic heterocycles. The number of ether oxygens (including phenoxy) is 1. The average molecular weight is 311 g/mol. The lowest BCUT2D eigenvalue weighted by atomic mass is 10.3. The summed E-state index contributed by atoms with van der Waals surface area (Å²) < 4.78 is 5.32. The summed E-state index contributed by atoms with van der Waals surface area (Å²) >= 11 is 11.6. The second-order valence-electron chi connectivity index (χ2n) is 4.03. The quantitative estimate of drug-likeness (QED) is 0.848. The molecular formula is C14H12Cl2N2O2. The second-order valence-corrected chi connectivity index (χ2v) is 4.85. The first-order valence-corrected chi connectivity index (χ1v) is 6.53. The van der Waals surface area contributed by atoms with Gasteiger partial charge in [-0.2, -0.15) is 0 Å². The largest absolute Gasteiger partial charge is 0.484 e. The molecule has 0 saturated heterocycles. The molecule has 0 spiro atoms. The molecule has 2 aromatic rings. The van der Waals surface area contributed by atoms with Crippen molar-refractivity contribution in [1.29, 1.82) is 0 Å². The highest BCUT2D eigenvalue weighted by Crippen LogP contribution is 2.26. The molecule has 0 fully saturated rings.